The highest BCUT2D eigenvalue weighted by molar-refractivity contribution is 6.10. The first kappa shape index (κ1) is 29.8. The standard InChI is InChI=1S/C22H23FN4O4.C2HF3O2/c1-24-9-5-7-13-15-10-12(23)11-17(25-2)19(15)27-21(29)18(13)20(28)26-16-8-4-3-6-14(16)22(30)31;3-2(4,5)1(6)7/h3-4,6,8,10-11,24-25H,5,7,9H2,1-2H3,(H,26,28)(H,27,29)(H,30,31);(H,6,7). The van der Waals surface area contributed by atoms with E-state index >= 15 is 0 Å². The van der Waals surface area contributed by atoms with Gasteiger partial charge in [0.25, 0.3) is 11.5 Å². The summed E-state index contributed by atoms with van der Waals surface area (Å²) in [5.41, 5.74) is 0.345. The smallest absolute Gasteiger partial charge is 0.478 e. The molecule has 3 rings (SSSR count). The van der Waals surface area contributed by atoms with Crippen LogP contribution < -0.4 is 21.5 Å². The lowest BCUT2D eigenvalue weighted by atomic mass is 9.97. The van der Waals surface area contributed by atoms with Gasteiger partial charge in [-0.15, -0.1) is 0 Å². The Hall–Kier alpha value is -4.46. The molecule has 2 aromatic carbocycles. The molecule has 1 amide bonds. The number of para-hydroxylation sites is 1. The van der Waals surface area contributed by atoms with Crippen LogP contribution in [-0.4, -0.2) is 59.9 Å². The molecule has 10 nitrogen and oxygen atoms in total. The molecule has 1 heterocycles. The fourth-order valence-electron chi connectivity index (χ4n) is 3.53. The Morgan fingerprint density at radius 3 is 2.21 bits per heavy atom. The van der Waals surface area contributed by atoms with Gasteiger partial charge in [-0.1, -0.05) is 12.1 Å². The van der Waals surface area contributed by atoms with Crippen LogP contribution in [0, 0.1) is 5.82 Å². The lowest BCUT2D eigenvalue weighted by Crippen LogP contribution is -2.27. The van der Waals surface area contributed by atoms with Gasteiger partial charge in [-0.3, -0.25) is 9.59 Å². The number of pyridine rings is 1. The van der Waals surface area contributed by atoms with Crippen molar-refractivity contribution >= 4 is 40.1 Å². The molecule has 3 aromatic rings. The van der Waals surface area contributed by atoms with Gasteiger partial charge in [-0.05, 0) is 56.3 Å². The van der Waals surface area contributed by atoms with Crippen LogP contribution in [0.1, 0.15) is 32.7 Å². The van der Waals surface area contributed by atoms with E-state index in [4.69, 9.17) is 9.90 Å². The number of carbonyl (C=O) groups excluding carboxylic acids is 1. The number of aromatic carboxylic acids is 1. The number of anilines is 2. The normalized spacial score (nSPS) is 10.9. The van der Waals surface area contributed by atoms with Gasteiger partial charge in [0, 0.05) is 12.4 Å². The van der Waals surface area contributed by atoms with Gasteiger partial charge < -0.3 is 31.1 Å². The maximum Gasteiger partial charge on any atom is 0.490 e. The Balaban J connectivity index is 0.000000638. The number of hydrogen-bond donors (Lipinski definition) is 6. The van der Waals surface area contributed by atoms with Gasteiger partial charge in [0.15, 0.2) is 0 Å². The van der Waals surface area contributed by atoms with E-state index < -0.39 is 35.4 Å². The van der Waals surface area contributed by atoms with Crippen molar-refractivity contribution < 1.29 is 42.2 Å². The minimum atomic E-state index is -5.08. The zero-order valence-electron chi connectivity index (χ0n) is 20.1. The highest BCUT2D eigenvalue weighted by Gasteiger charge is 2.38. The average Bonchev–Trinajstić information content (AvgIpc) is 2.84. The summed E-state index contributed by atoms with van der Waals surface area (Å²) in [6, 6.07) is 8.45. The molecule has 6 N–H and O–H groups in total. The second-order valence-corrected chi connectivity index (χ2v) is 7.75. The summed E-state index contributed by atoms with van der Waals surface area (Å²) >= 11 is 0. The summed E-state index contributed by atoms with van der Waals surface area (Å²) in [5.74, 6) is -5.24. The lowest BCUT2D eigenvalue weighted by molar-refractivity contribution is -0.192. The molecule has 0 radical (unpaired) electrons. The first-order valence-electron chi connectivity index (χ1n) is 11.0. The third-order valence-electron chi connectivity index (χ3n) is 5.19. The first-order valence-corrected chi connectivity index (χ1v) is 11.0. The van der Waals surface area contributed by atoms with Crippen molar-refractivity contribution in [2.24, 2.45) is 0 Å². The van der Waals surface area contributed by atoms with E-state index in [2.05, 4.69) is 20.9 Å². The van der Waals surface area contributed by atoms with Crippen molar-refractivity contribution in [2.45, 2.75) is 19.0 Å². The molecule has 0 aliphatic carbocycles. The molecule has 0 fully saturated rings. The van der Waals surface area contributed by atoms with E-state index in [9.17, 15) is 37.1 Å². The topological polar surface area (TPSA) is 161 Å². The number of nitrogens with one attached hydrogen (secondary N) is 4. The Morgan fingerprint density at radius 1 is 1.03 bits per heavy atom. The van der Waals surface area contributed by atoms with E-state index in [1.54, 1.807) is 20.2 Å². The van der Waals surface area contributed by atoms with E-state index in [0.717, 1.165) is 0 Å². The zero-order chi connectivity index (χ0) is 28.6. The third-order valence-corrected chi connectivity index (χ3v) is 5.19. The summed E-state index contributed by atoms with van der Waals surface area (Å²) in [6.07, 6.45) is -4.14. The number of hydrogen-bond acceptors (Lipinski definition) is 6. The van der Waals surface area contributed by atoms with Crippen LogP contribution in [0.25, 0.3) is 10.9 Å². The molecule has 0 aliphatic heterocycles. The number of carbonyl (C=O) groups is 3. The molecule has 0 unspecified atom stereocenters. The van der Waals surface area contributed by atoms with E-state index in [1.165, 1.54) is 30.3 Å². The van der Waals surface area contributed by atoms with Gasteiger partial charge >= 0.3 is 18.1 Å². The van der Waals surface area contributed by atoms with Crippen LogP contribution >= 0.6 is 0 Å². The maximum atomic E-state index is 14.3. The molecule has 204 valence electrons. The van der Waals surface area contributed by atoms with Crippen molar-refractivity contribution in [2.75, 3.05) is 31.3 Å². The lowest BCUT2D eigenvalue weighted by Gasteiger charge is -2.15. The minimum Gasteiger partial charge on any atom is -0.478 e. The van der Waals surface area contributed by atoms with E-state index in [-0.39, 0.29) is 16.8 Å². The van der Waals surface area contributed by atoms with Crippen molar-refractivity contribution in [3.05, 3.63) is 69.3 Å². The SMILES string of the molecule is CNCCCc1c(C(=O)Nc2ccccc2C(=O)O)c(=O)[nH]c2c(NC)cc(F)cc12.O=C(O)C(F)(F)F. The molecule has 0 atom stereocenters. The number of aryl methyl sites for hydroxylation is 1. The van der Waals surface area contributed by atoms with Crippen LogP contribution in [0.2, 0.25) is 0 Å². The van der Waals surface area contributed by atoms with E-state index in [1.807, 2.05) is 0 Å². The number of carboxylic acid groups (broad SMARTS) is 2. The summed E-state index contributed by atoms with van der Waals surface area (Å²) in [5, 5.41) is 25.3. The molecule has 0 bridgehead atoms. The van der Waals surface area contributed by atoms with Crippen molar-refractivity contribution in [1.82, 2.24) is 10.3 Å². The number of benzene rings is 2. The number of alkyl halides is 3. The second kappa shape index (κ2) is 12.7. The van der Waals surface area contributed by atoms with Crippen LogP contribution in [0.5, 0.6) is 0 Å². The highest BCUT2D eigenvalue weighted by Crippen LogP contribution is 2.28. The molecule has 1 aromatic heterocycles. The van der Waals surface area contributed by atoms with Gasteiger partial charge in [-0.25, -0.2) is 14.0 Å². The number of carboxylic acids is 2. The molecule has 14 heteroatoms. The number of fused-ring (bicyclic) bond motifs is 1. The largest absolute Gasteiger partial charge is 0.490 e. The number of amides is 1. The predicted octanol–water partition coefficient (Wildman–Crippen LogP) is 3.44. The monoisotopic (exact) mass is 540 g/mol. The summed E-state index contributed by atoms with van der Waals surface area (Å²) in [6.45, 7) is 0.630. The van der Waals surface area contributed by atoms with E-state index in [0.29, 0.717) is 41.5 Å². The number of aromatic nitrogens is 1. The van der Waals surface area contributed by atoms with Crippen molar-refractivity contribution in [3.8, 4) is 0 Å². The summed E-state index contributed by atoms with van der Waals surface area (Å²) in [4.78, 5) is 49.0. The van der Waals surface area contributed by atoms with Crippen LogP contribution in [0.4, 0.5) is 28.9 Å². The Labute approximate surface area is 212 Å². The van der Waals surface area contributed by atoms with Crippen LogP contribution in [-0.2, 0) is 11.2 Å². The molecule has 0 aliphatic rings. The number of H-pyrrole nitrogens is 1. The molecular formula is C24H24F4N4O6. The number of halogens is 4. The van der Waals surface area contributed by atoms with Gasteiger partial charge in [0.2, 0.25) is 0 Å². The number of rotatable bonds is 8. The minimum absolute atomic E-state index is 0.0656. The van der Waals surface area contributed by atoms with Crippen LogP contribution in [0.3, 0.4) is 0 Å². The Kier molecular flexibility index (Phi) is 9.93. The van der Waals surface area contributed by atoms with Crippen LogP contribution in [0.15, 0.2) is 41.2 Å². The second-order valence-electron chi connectivity index (χ2n) is 7.75. The fraction of sp³-hybridized carbons (Fsp3) is 0.250. The van der Waals surface area contributed by atoms with Gasteiger partial charge in [-0.2, -0.15) is 13.2 Å². The van der Waals surface area contributed by atoms with Crippen molar-refractivity contribution in [3.63, 3.8) is 0 Å². The zero-order valence-corrected chi connectivity index (χ0v) is 20.1. The molecule has 0 spiro atoms. The molecule has 0 saturated carbocycles. The predicted molar refractivity (Wildman–Crippen MR) is 131 cm³/mol. The molecule has 0 saturated heterocycles. The average molecular weight is 540 g/mol. The maximum absolute atomic E-state index is 14.3. The summed E-state index contributed by atoms with van der Waals surface area (Å²) in [7, 11) is 3.39. The molecule has 38 heavy (non-hydrogen) atoms. The Morgan fingerprint density at radius 2 is 1.66 bits per heavy atom. The van der Waals surface area contributed by atoms with Gasteiger partial charge in [0.05, 0.1) is 22.5 Å². The molecular weight excluding hydrogens is 516 g/mol. The summed E-state index contributed by atoms with van der Waals surface area (Å²) < 4.78 is 46.0. The third kappa shape index (κ3) is 7.29. The number of aromatic amines is 1. The Bertz CT molecular complexity index is 1410. The highest BCUT2D eigenvalue weighted by atomic mass is 19.4. The fourth-order valence-corrected chi connectivity index (χ4v) is 3.53. The number of aliphatic carboxylic acids is 1. The van der Waals surface area contributed by atoms with Crippen molar-refractivity contribution in [1.29, 1.82) is 0 Å². The first-order chi connectivity index (χ1) is 17.8. The quantitative estimate of drug-likeness (QED) is 0.187. The van der Waals surface area contributed by atoms with Gasteiger partial charge in [0.1, 0.15) is 11.4 Å².